The Hall–Kier alpha value is -2.92. The van der Waals surface area contributed by atoms with E-state index < -0.39 is 32.3 Å². The Kier molecular flexibility index (Phi) is 6.98. The van der Waals surface area contributed by atoms with Gasteiger partial charge in [-0.2, -0.15) is 9.41 Å². The van der Waals surface area contributed by atoms with E-state index >= 15 is 0 Å². The molecule has 2 aromatic rings. The lowest BCUT2D eigenvalue weighted by Gasteiger charge is -2.18. The van der Waals surface area contributed by atoms with Crippen molar-refractivity contribution < 1.29 is 22.1 Å². The number of sulfonamides is 1. The monoisotopic (exact) mass is 426 g/mol. The molecule has 0 bridgehead atoms. The van der Waals surface area contributed by atoms with Crippen LogP contribution in [0.2, 0.25) is 0 Å². The lowest BCUT2D eigenvalue weighted by atomic mass is 10.1. The molecule has 29 heavy (non-hydrogen) atoms. The van der Waals surface area contributed by atoms with Crippen LogP contribution < -0.4 is 5.43 Å². The fraction of sp³-hybridized carbons (Fsp3) is 0.278. The summed E-state index contributed by atoms with van der Waals surface area (Å²) < 4.78 is 53.2. The van der Waals surface area contributed by atoms with Crippen molar-refractivity contribution in [3.05, 3.63) is 63.7 Å². The van der Waals surface area contributed by atoms with Crippen LogP contribution in [0.3, 0.4) is 0 Å². The van der Waals surface area contributed by atoms with Gasteiger partial charge in [0.15, 0.2) is 0 Å². The second-order valence-electron chi connectivity index (χ2n) is 5.96. The number of hydrazone groups is 1. The van der Waals surface area contributed by atoms with E-state index in [9.17, 15) is 27.3 Å². The molecular weight excluding hydrogens is 406 g/mol. The van der Waals surface area contributed by atoms with Gasteiger partial charge < -0.3 is 0 Å². The van der Waals surface area contributed by atoms with Crippen molar-refractivity contribution in [1.29, 1.82) is 0 Å². The van der Waals surface area contributed by atoms with Gasteiger partial charge in [0.25, 0.3) is 5.69 Å². The number of nitrogens with one attached hydrogen (secondary N) is 1. The molecule has 8 nitrogen and oxygen atoms in total. The maximum Gasteiger partial charge on any atom is 0.295 e. The zero-order chi connectivity index (χ0) is 21.8. The van der Waals surface area contributed by atoms with Crippen molar-refractivity contribution >= 4 is 27.1 Å². The number of halogens is 2. The molecule has 0 aliphatic heterocycles. The van der Waals surface area contributed by atoms with Gasteiger partial charge in [0.05, 0.1) is 15.5 Å². The van der Waals surface area contributed by atoms with Gasteiger partial charge in [-0.1, -0.05) is 13.8 Å². The fourth-order valence-corrected chi connectivity index (χ4v) is 4.10. The van der Waals surface area contributed by atoms with E-state index in [1.807, 2.05) is 0 Å². The second-order valence-corrected chi connectivity index (χ2v) is 7.90. The van der Waals surface area contributed by atoms with Crippen LogP contribution in [0.15, 0.2) is 46.4 Å². The van der Waals surface area contributed by atoms with Crippen molar-refractivity contribution in [2.75, 3.05) is 18.5 Å². The van der Waals surface area contributed by atoms with E-state index in [0.29, 0.717) is 6.07 Å². The zero-order valence-corrected chi connectivity index (χ0v) is 16.8. The average Bonchev–Trinajstić information content (AvgIpc) is 2.66. The highest BCUT2D eigenvalue weighted by Crippen LogP contribution is 2.29. The molecule has 0 heterocycles. The molecule has 0 unspecified atom stereocenters. The molecular formula is C18H20F2N4O4S. The van der Waals surface area contributed by atoms with Crippen LogP contribution in [0.5, 0.6) is 0 Å². The van der Waals surface area contributed by atoms with Gasteiger partial charge in [-0.25, -0.2) is 17.2 Å². The van der Waals surface area contributed by atoms with Gasteiger partial charge in [-0.05, 0) is 31.2 Å². The van der Waals surface area contributed by atoms with E-state index in [1.165, 1.54) is 29.4 Å². The number of nitro groups is 1. The molecule has 0 aliphatic carbocycles. The number of benzene rings is 2. The van der Waals surface area contributed by atoms with Crippen LogP contribution in [-0.2, 0) is 10.0 Å². The van der Waals surface area contributed by atoms with Crippen molar-refractivity contribution in [2.45, 2.75) is 25.7 Å². The molecule has 0 aromatic heterocycles. The smallest absolute Gasteiger partial charge is 0.271 e. The fourth-order valence-electron chi connectivity index (χ4n) is 2.62. The summed E-state index contributed by atoms with van der Waals surface area (Å²) in [6, 6.07) is 6.34. The second kappa shape index (κ2) is 9.05. The summed E-state index contributed by atoms with van der Waals surface area (Å²) in [6.45, 7) is 5.21. The average molecular weight is 426 g/mol. The molecule has 0 amide bonds. The van der Waals surface area contributed by atoms with Crippen LogP contribution >= 0.6 is 0 Å². The first-order valence-electron chi connectivity index (χ1n) is 8.66. The Morgan fingerprint density at radius 1 is 1.17 bits per heavy atom. The van der Waals surface area contributed by atoms with Gasteiger partial charge in [0.1, 0.15) is 17.3 Å². The molecule has 2 aromatic carbocycles. The van der Waals surface area contributed by atoms with E-state index in [1.54, 1.807) is 13.8 Å². The zero-order valence-electron chi connectivity index (χ0n) is 16.0. The summed E-state index contributed by atoms with van der Waals surface area (Å²) in [7, 11) is -3.88. The third-order valence-corrected chi connectivity index (χ3v) is 6.22. The molecule has 11 heteroatoms. The molecule has 0 radical (unpaired) electrons. The third kappa shape index (κ3) is 4.93. The van der Waals surface area contributed by atoms with Gasteiger partial charge in [0.2, 0.25) is 10.0 Å². The van der Waals surface area contributed by atoms with Crippen LogP contribution in [0.4, 0.5) is 20.2 Å². The molecule has 156 valence electrons. The minimum Gasteiger partial charge on any atom is -0.271 e. The van der Waals surface area contributed by atoms with Crippen LogP contribution in [-0.4, -0.2) is 36.4 Å². The highest BCUT2D eigenvalue weighted by atomic mass is 32.2. The Morgan fingerprint density at radius 2 is 1.83 bits per heavy atom. The molecule has 0 saturated carbocycles. The Morgan fingerprint density at radius 3 is 2.38 bits per heavy atom. The number of hydrogen-bond donors (Lipinski definition) is 1. The van der Waals surface area contributed by atoms with Crippen molar-refractivity contribution in [2.24, 2.45) is 5.10 Å². The van der Waals surface area contributed by atoms with Crippen molar-refractivity contribution in [3.8, 4) is 0 Å². The number of rotatable bonds is 8. The normalized spacial score (nSPS) is 12.3. The van der Waals surface area contributed by atoms with E-state index in [0.717, 1.165) is 12.1 Å². The molecule has 0 atom stereocenters. The largest absolute Gasteiger partial charge is 0.295 e. The number of nitrogens with zero attached hydrogens (tertiary/aromatic N) is 3. The first kappa shape index (κ1) is 22.4. The maximum absolute atomic E-state index is 13.8. The van der Waals surface area contributed by atoms with Crippen molar-refractivity contribution in [1.82, 2.24) is 4.31 Å². The quantitative estimate of drug-likeness (QED) is 0.393. The highest BCUT2D eigenvalue weighted by Gasteiger charge is 2.25. The third-order valence-electron chi connectivity index (χ3n) is 4.17. The van der Waals surface area contributed by atoms with Crippen LogP contribution in [0.25, 0.3) is 0 Å². The van der Waals surface area contributed by atoms with E-state index in [4.69, 9.17) is 0 Å². The Labute approximate surface area is 167 Å². The molecule has 0 saturated heterocycles. The first-order valence-corrected chi connectivity index (χ1v) is 10.1. The summed E-state index contributed by atoms with van der Waals surface area (Å²) >= 11 is 0. The number of hydrogen-bond acceptors (Lipinski definition) is 6. The molecule has 0 aliphatic rings. The lowest BCUT2D eigenvalue weighted by molar-refractivity contribution is -0.384. The van der Waals surface area contributed by atoms with Gasteiger partial charge in [-0.3, -0.25) is 15.5 Å². The summed E-state index contributed by atoms with van der Waals surface area (Å²) in [5.74, 6) is -1.57. The Balaban J connectivity index is 2.40. The Bertz CT molecular complexity index is 1050. The molecule has 0 fully saturated rings. The van der Waals surface area contributed by atoms with E-state index in [-0.39, 0.29) is 34.9 Å². The summed E-state index contributed by atoms with van der Waals surface area (Å²) in [4.78, 5) is 10.5. The highest BCUT2D eigenvalue weighted by molar-refractivity contribution is 7.89. The number of anilines is 1. The minimum atomic E-state index is -3.88. The molecule has 1 N–H and O–H groups in total. The standard InChI is InChI=1S/C18H20F2N4O4S/c1-4-23(5-2)29(27,28)14-7-9-17(18(11-14)24(25)26)22-21-12(3)15-8-6-13(19)10-16(15)20/h6-11,22H,4-5H2,1-3H3/b21-12+. The maximum atomic E-state index is 13.8. The summed E-state index contributed by atoms with van der Waals surface area (Å²) in [5.41, 5.74) is 2.01. The van der Waals surface area contributed by atoms with Gasteiger partial charge >= 0.3 is 0 Å². The van der Waals surface area contributed by atoms with Gasteiger partial charge in [-0.15, -0.1) is 0 Å². The lowest BCUT2D eigenvalue weighted by Crippen LogP contribution is -2.30. The first-order chi connectivity index (χ1) is 13.6. The SMILES string of the molecule is CCN(CC)S(=O)(=O)c1ccc(N/N=C(\C)c2ccc(F)cc2F)c([N+](=O)[O-])c1. The van der Waals surface area contributed by atoms with E-state index in [2.05, 4.69) is 10.5 Å². The van der Waals surface area contributed by atoms with Crippen LogP contribution in [0.1, 0.15) is 26.3 Å². The topological polar surface area (TPSA) is 105 Å². The minimum absolute atomic E-state index is 0.0160. The van der Waals surface area contributed by atoms with Crippen LogP contribution in [0, 0.1) is 21.7 Å². The molecule has 2 rings (SSSR count). The van der Waals surface area contributed by atoms with Gasteiger partial charge in [0, 0.05) is 30.8 Å². The summed E-state index contributed by atoms with van der Waals surface area (Å²) in [6.07, 6.45) is 0. The predicted octanol–water partition coefficient (Wildman–Crippen LogP) is 3.74. The predicted molar refractivity (Wildman–Crippen MR) is 105 cm³/mol. The van der Waals surface area contributed by atoms with Crippen molar-refractivity contribution in [3.63, 3.8) is 0 Å². The summed E-state index contributed by atoms with van der Waals surface area (Å²) in [5, 5.41) is 15.3. The molecule has 0 spiro atoms. The number of nitro benzene ring substituents is 1.